The average Bonchev–Trinajstić information content (AvgIpc) is 2.86. The fourth-order valence-electron chi connectivity index (χ4n) is 5.92. The van der Waals surface area contributed by atoms with E-state index in [1.54, 1.807) is 17.7 Å². The molecule has 1 saturated heterocycles. The molecular formula is C27H34N4O4. The summed E-state index contributed by atoms with van der Waals surface area (Å²) in [4.78, 5) is 40.5. The molecule has 2 unspecified atom stereocenters. The molecular weight excluding hydrogens is 444 g/mol. The zero-order chi connectivity index (χ0) is 24.4. The normalized spacial score (nSPS) is 21.7. The van der Waals surface area contributed by atoms with Gasteiger partial charge in [0, 0.05) is 43.4 Å². The molecule has 8 nitrogen and oxygen atoms in total. The quantitative estimate of drug-likeness (QED) is 0.688. The third-order valence-electron chi connectivity index (χ3n) is 7.61. The van der Waals surface area contributed by atoms with Crippen molar-refractivity contribution >= 4 is 17.6 Å². The molecule has 1 aromatic carbocycles. The van der Waals surface area contributed by atoms with Crippen LogP contribution >= 0.6 is 0 Å². The van der Waals surface area contributed by atoms with Crippen LogP contribution in [0.3, 0.4) is 0 Å². The Kier molecular flexibility index (Phi) is 6.79. The van der Waals surface area contributed by atoms with Crippen molar-refractivity contribution in [3.8, 4) is 5.75 Å². The number of nitrogens with one attached hydrogen (secondary N) is 2. The molecule has 5 rings (SSSR count). The lowest BCUT2D eigenvalue weighted by Gasteiger charge is -2.43. The Morgan fingerprint density at radius 1 is 1.00 bits per heavy atom. The van der Waals surface area contributed by atoms with Crippen molar-refractivity contribution < 1.29 is 14.3 Å². The number of hydrogen-bond acceptors (Lipinski definition) is 4. The number of amides is 3. The van der Waals surface area contributed by atoms with Crippen LogP contribution in [0.25, 0.3) is 0 Å². The minimum Gasteiger partial charge on any atom is -0.497 e. The number of aromatic nitrogens is 1. The maximum Gasteiger partial charge on any atom is 0.317 e. The molecule has 3 heterocycles. The maximum absolute atomic E-state index is 13.1. The first-order chi connectivity index (χ1) is 17.0. The Morgan fingerprint density at radius 3 is 2.51 bits per heavy atom. The van der Waals surface area contributed by atoms with E-state index in [0.29, 0.717) is 25.3 Å². The van der Waals surface area contributed by atoms with E-state index in [-0.39, 0.29) is 41.8 Å². The highest BCUT2D eigenvalue weighted by atomic mass is 16.5. The molecule has 2 bridgehead atoms. The van der Waals surface area contributed by atoms with Gasteiger partial charge in [0.15, 0.2) is 0 Å². The van der Waals surface area contributed by atoms with Gasteiger partial charge in [-0.15, -0.1) is 0 Å². The van der Waals surface area contributed by atoms with Crippen molar-refractivity contribution in [3.05, 3.63) is 58.0 Å². The number of hydrogen-bond donors (Lipinski definition) is 2. The highest BCUT2D eigenvalue weighted by Gasteiger charge is 2.38. The van der Waals surface area contributed by atoms with Crippen molar-refractivity contribution in [2.24, 2.45) is 5.92 Å². The molecule has 3 amide bonds. The summed E-state index contributed by atoms with van der Waals surface area (Å²) in [5.74, 6) is 0.863. The number of anilines is 1. The van der Waals surface area contributed by atoms with E-state index in [1.165, 1.54) is 25.3 Å². The minimum absolute atomic E-state index is 0.00317. The van der Waals surface area contributed by atoms with E-state index >= 15 is 0 Å². The van der Waals surface area contributed by atoms with Crippen molar-refractivity contribution in [2.75, 3.05) is 25.5 Å². The number of carbonyl (C=O) groups excluding carboxylic acids is 2. The molecule has 35 heavy (non-hydrogen) atoms. The number of benzene rings is 1. The predicted octanol–water partition coefficient (Wildman–Crippen LogP) is 3.50. The smallest absolute Gasteiger partial charge is 0.317 e. The van der Waals surface area contributed by atoms with Crippen LogP contribution in [-0.2, 0) is 17.8 Å². The second-order valence-electron chi connectivity index (χ2n) is 10.1. The number of nitrogens with zero attached hydrogens (tertiary/aromatic N) is 2. The van der Waals surface area contributed by atoms with Crippen LogP contribution in [0.5, 0.6) is 5.75 Å². The van der Waals surface area contributed by atoms with E-state index in [9.17, 15) is 14.4 Å². The van der Waals surface area contributed by atoms with Crippen LogP contribution in [0.15, 0.2) is 41.2 Å². The van der Waals surface area contributed by atoms with E-state index in [1.807, 2.05) is 29.2 Å². The van der Waals surface area contributed by atoms with Crippen LogP contribution < -0.4 is 20.9 Å². The van der Waals surface area contributed by atoms with Gasteiger partial charge >= 0.3 is 6.03 Å². The predicted molar refractivity (Wildman–Crippen MR) is 134 cm³/mol. The van der Waals surface area contributed by atoms with Gasteiger partial charge in [0.2, 0.25) is 5.91 Å². The largest absolute Gasteiger partial charge is 0.497 e. The van der Waals surface area contributed by atoms with Gasteiger partial charge in [-0.05, 0) is 48.9 Å². The topological polar surface area (TPSA) is 92.7 Å². The zero-order valence-corrected chi connectivity index (χ0v) is 20.3. The van der Waals surface area contributed by atoms with Crippen LogP contribution in [0, 0.1) is 5.92 Å². The van der Waals surface area contributed by atoms with Crippen LogP contribution in [0.1, 0.15) is 55.7 Å². The average molecular weight is 479 g/mol. The van der Waals surface area contributed by atoms with E-state index in [2.05, 4.69) is 10.6 Å². The second kappa shape index (κ2) is 10.1. The number of methoxy groups -OCH3 is 1. The Hall–Kier alpha value is -3.29. The van der Waals surface area contributed by atoms with Gasteiger partial charge in [-0.1, -0.05) is 31.4 Å². The van der Waals surface area contributed by atoms with E-state index in [4.69, 9.17) is 4.74 Å². The molecule has 1 aliphatic carbocycles. The number of piperidine rings is 1. The molecule has 0 spiro atoms. The van der Waals surface area contributed by atoms with Crippen molar-refractivity contribution in [2.45, 2.75) is 63.5 Å². The lowest BCUT2D eigenvalue weighted by Crippen LogP contribution is -2.53. The zero-order valence-electron chi connectivity index (χ0n) is 20.3. The number of likely N-dealkylation sites (tertiary alicyclic amines) is 1. The number of rotatable bonds is 5. The molecule has 1 saturated carbocycles. The standard InChI is InChI=1S/C27H34N4O4/c1-35-22-9-7-18(8-10-22)14-24(32)29-23-11-12-25(33)31-16-19-13-20(26(23)31)17-30(15-19)27(34)28-21-5-3-2-4-6-21/h7-12,19-21H,2-6,13-17H2,1H3,(H,28,34)(H,29,32). The third kappa shape index (κ3) is 5.21. The molecule has 0 radical (unpaired) electrons. The first kappa shape index (κ1) is 23.5. The summed E-state index contributed by atoms with van der Waals surface area (Å²) >= 11 is 0. The second-order valence-corrected chi connectivity index (χ2v) is 10.1. The number of fused-ring (bicyclic) bond motifs is 4. The van der Waals surface area contributed by atoms with Gasteiger partial charge in [-0.25, -0.2) is 4.79 Å². The molecule has 2 atom stereocenters. The van der Waals surface area contributed by atoms with Gasteiger partial charge in [0.1, 0.15) is 5.75 Å². The van der Waals surface area contributed by atoms with Crippen molar-refractivity contribution in [1.29, 1.82) is 0 Å². The molecule has 1 aromatic heterocycles. The van der Waals surface area contributed by atoms with Crippen LogP contribution in [-0.4, -0.2) is 47.6 Å². The van der Waals surface area contributed by atoms with Gasteiger partial charge in [0.25, 0.3) is 5.56 Å². The summed E-state index contributed by atoms with van der Waals surface area (Å²) in [7, 11) is 1.61. The van der Waals surface area contributed by atoms with Gasteiger partial charge in [-0.3, -0.25) is 9.59 Å². The molecule has 8 heteroatoms. The number of carbonyl (C=O) groups is 2. The summed E-state index contributed by atoms with van der Waals surface area (Å²) in [6.45, 7) is 1.79. The fourth-order valence-corrected chi connectivity index (χ4v) is 5.92. The monoisotopic (exact) mass is 478 g/mol. The van der Waals surface area contributed by atoms with E-state index < -0.39 is 0 Å². The van der Waals surface area contributed by atoms with Crippen LogP contribution in [0.4, 0.5) is 10.5 Å². The maximum atomic E-state index is 13.1. The fraction of sp³-hybridized carbons (Fsp3) is 0.519. The molecule has 3 aliphatic rings. The third-order valence-corrected chi connectivity index (χ3v) is 7.61. The highest BCUT2D eigenvalue weighted by Crippen LogP contribution is 2.38. The van der Waals surface area contributed by atoms with Crippen LogP contribution in [0.2, 0.25) is 0 Å². The molecule has 186 valence electrons. The summed E-state index contributed by atoms with van der Waals surface area (Å²) in [6, 6.07) is 10.9. The summed E-state index contributed by atoms with van der Waals surface area (Å²) in [5.41, 5.74) is 2.34. The lowest BCUT2D eigenvalue weighted by molar-refractivity contribution is -0.115. The Balaban J connectivity index is 1.31. The summed E-state index contributed by atoms with van der Waals surface area (Å²) in [5, 5.41) is 6.27. The minimum atomic E-state index is -0.138. The molecule has 2 aliphatic heterocycles. The number of ether oxygens (including phenoxy) is 1. The molecule has 2 fully saturated rings. The summed E-state index contributed by atoms with van der Waals surface area (Å²) < 4.78 is 6.99. The Bertz CT molecular complexity index is 1140. The molecule has 2 N–H and O–H groups in total. The Labute approximate surface area is 205 Å². The number of pyridine rings is 1. The number of urea groups is 1. The van der Waals surface area contributed by atoms with Gasteiger partial charge in [-0.2, -0.15) is 0 Å². The summed E-state index contributed by atoms with van der Waals surface area (Å²) in [6.07, 6.45) is 6.84. The van der Waals surface area contributed by atoms with Gasteiger partial charge < -0.3 is 24.8 Å². The van der Waals surface area contributed by atoms with E-state index in [0.717, 1.165) is 36.3 Å². The first-order valence-corrected chi connectivity index (χ1v) is 12.7. The SMILES string of the molecule is COc1ccc(CC(=O)Nc2ccc(=O)n3c2C2CC(CN(C(=O)NC4CCCCC4)C2)C3)cc1. The van der Waals surface area contributed by atoms with Crippen molar-refractivity contribution in [3.63, 3.8) is 0 Å². The van der Waals surface area contributed by atoms with Gasteiger partial charge in [0.05, 0.1) is 19.2 Å². The lowest BCUT2D eigenvalue weighted by atomic mass is 9.82. The van der Waals surface area contributed by atoms with Crippen molar-refractivity contribution in [1.82, 2.24) is 14.8 Å². The Morgan fingerprint density at radius 2 is 1.77 bits per heavy atom. The highest BCUT2D eigenvalue weighted by molar-refractivity contribution is 5.93. The molecule has 2 aromatic rings. The first-order valence-electron chi connectivity index (χ1n) is 12.7.